The van der Waals surface area contributed by atoms with Gasteiger partial charge in [0.25, 0.3) is 11.8 Å². The van der Waals surface area contributed by atoms with Gasteiger partial charge in [0, 0.05) is 15.6 Å². The third-order valence-electron chi connectivity index (χ3n) is 4.71. The monoisotopic (exact) mass is 434 g/mol. The first-order valence-electron chi connectivity index (χ1n) is 9.40. The Morgan fingerprint density at radius 3 is 2.33 bits per heavy atom. The van der Waals surface area contributed by atoms with E-state index in [1.54, 1.807) is 24.3 Å². The minimum absolute atomic E-state index is 0.265. The summed E-state index contributed by atoms with van der Waals surface area (Å²) in [6.07, 6.45) is 0. The van der Waals surface area contributed by atoms with Crippen molar-refractivity contribution in [2.75, 3.05) is 10.2 Å². The van der Waals surface area contributed by atoms with Gasteiger partial charge < -0.3 is 5.32 Å². The van der Waals surface area contributed by atoms with Crippen LogP contribution in [-0.2, 0) is 9.59 Å². The highest BCUT2D eigenvalue weighted by Gasteiger charge is 2.40. The van der Waals surface area contributed by atoms with Crippen molar-refractivity contribution in [2.45, 2.75) is 18.7 Å². The molecule has 0 aliphatic carbocycles. The predicted molar refractivity (Wildman–Crippen MR) is 123 cm³/mol. The molecule has 0 aromatic heterocycles. The Labute approximate surface area is 184 Å². The highest BCUT2D eigenvalue weighted by atomic mass is 35.5. The van der Waals surface area contributed by atoms with Gasteiger partial charge in [-0.25, -0.2) is 4.90 Å². The van der Waals surface area contributed by atoms with E-state index in [9.17, 15) is 9.59 Å². The van der Waals surface area contributed by atoms with Crippen LogP contribution in [0.15, 0.2) is 88.3 Å². The van der Waals surface area contributed by atoms with Crippen molar-refractivity contribution in [1.29, 1.82) is 0 Å². The molecule has 0 radical (unpaired) electrons. The summed E-state index contributed by atoms with van der Waals surface area (Å²) < 4.78 is 0. The molecule has 0 atom stereocenters. The zero-order valence-corrected chi connectivity index (χ0v) is 18.1. The number of imide groups is 1. The van der Waals surface area contributed by atoms with Gasteiger partial charge in [-0.05, 0) is 55.8 Å². The lowest BCUT2D eigenvalue weighted by Gasteiger charge is -2.16. The number of amides is 2. The number of anilines is 2. The van der Waals surface area contributed by atoms with E-state index in [1.165, 1.54) is 16.7 Å². The number of carbonyl (C=O) groups is 2. The van der Waals surface area contributed by atoms with Crippen molar-refractivity contribution in [3.05, 3.63) is 99.5 Å². The molecule has 1 aliphatic rings. The van der Waals surface area contributed by atoms with Crippen LogP contribution in [0.4, 0.5) is 11.4 Å². The van der Waals surface area contributed by atoms with Crippen LogP contribution in [0.5, 0.6) is 0 Å². The van der Waals surface area contributed by atoms with Crippen LogP contribution in [-0.4, -0.2) is 11.8 Å². The molecule has 0 spiro atoms. The van der Waals surface area contributed by atoms with E-state index in [0.717, 1.165) is 21.7 Å². The van der Waals surface area contributed by atoms with Gasteiger partial charge in [0.05, 0.1) is 5.69 Å². The summed E-state index contributed by atoms with van der Waals surface area (Å²) in [5.74, 6) is -0.774. The largest absolute Gasteiger partial charge is 0.350 e. The van der Waals surface area contributed by atoms with Crippen molar-refractivity contribution in [2.24, 2.45) is 0 Å². The number of hydrogen-bond donors (Lipinski definition) is 1. The smallest absolute Gasteiger partial charge is 0.283 e. The van der Waals surface area contributed by atoms with Gasteiger partial charge in [-0.3, -0.25) is 9.59 Å². The molecule has 6 heteroatoms. The first-order valence-corrected chi connectivity index (χ1v) is 10.6. The predicted octanol–water partition coefficient (Wildman–Crippen LogP) is 5.95. The Balaban J connectivity index is 1.77. The van der Waals surface area contributed by atoms with E-state index in [-0.39, 0.29) is 11.6 Å². The Kier molecular flexibility index (Phi) is 5.66. The summed E-state index contributed by atoms with van der Waals surface area (Å²) in [4.78, 5) is 29.1. The normalized spacial score (nSPS) is 13.9. The molecule has 1 aliphatic heterocycles. The summed E-state index contributed by atoms with van der Waals surface area (Å²) in [6, 6.07) is 22.2. The first kappa shape index (κ1) is 20.3. The van der Waals surface area contributed by atoms with Crippen LogP contribution in [0.3, 0.4) is 0 Å². The first-order chi connectivity index (χ1) is 14.4. The fourth-order valence-corrected chi connectivity index (χ4v) is 4.39. The number of aryl methyl sites for hydroxylation is 2. The second kappa shape index (κ2) is 8.38. The fraction of sp³-hybridized carbons (Fsp3) is 0.0833. The van der Waals surface area contributed by atoms with Gasteiger partial charge in [0.1, 0.15) is 10.6 Å². The lowest BCUT2D eigenvalue weighted by Crippen LogP contribution is -2.32. The van der Waals surface area contributed by atoms with Crippen LogP contribution >= 0.6 is 23.4 Å². The maximum atomic E-state index is 13.3. The van der Waals surface area contributed by atoms with Crippen LogP contribution in [0.1, 0.15) is 11.1 Å². The molecule has 1 heterocycles. The standard InChI is InChI=1S/C24H19ClN2O2S/c1-15-11-12-20(16(2)13-15)26-21-22(30-19-9-4-3-5-10-19)24(29)27(23(21)28)18-8-6-7-17(25)14-18/h3-14,26H,1-2H3. The van der Waals surface area contributed by atoms with Crippen molar-refractivity contribution < 1.29 is 9.59 Å². The zero-order valence-electron chi connectivity index (χ0n) is 16.5. The fourth-order valence-electron chi connectivity index (χ4n) is 3.26. The number of benzene rings is 3. The number of carbonyl (C=O) groups excluding carboxylic acids is 2. The van der Waals surface area contributed by atoms with Crippen LogP contribution < -0.4 is 10.2 Å². The van der Waals surface area contributed by atoms with Crippen molar-refractivity contribution >= 4 is 46.6 Å². The van der Waals surface area contributed by atoms with Crippen molar-refractivity contribution in [3.63, 3.8) is 0 Å². The van der Waals surface area contributed by atoms with Gasteiger partial charge in [-0.15, -0.1) is 0 Å². The molecule has 4 rings (SSSR count). The number of rotatable bonds is 5. The van der Waals surface area contributed by atoms with E-state index in [2.05, 4.69) is 5.32 Å². The van der Waals surface area contributed by atoms with Crippen LogP contribution in [0.2, 0.25) is 5.02 Å². The molecular weight excluding hydrogens is 416 g/mol. The summed E-state index contributed by atoms with van der Waals surface area (Å²) in [7, 11) is 0. The van der Waals surface area contributed by atoms with Gasteiger partial charge in [-0.2, -0.15) is 0 Å². The summed E-state index contributed by atoms with van der Waals surface area (Å²) in [5.41, 5.74) is 3.62. The van der Waals surface area contributed by atoms with E-state index >= 15 is 0 Å². The van der Waals surface area contributed by atoms with Gasteiger partial charge in [0.2, 0.25) is 0 Å². The molecule has 3 aromatic rings. The summed E-state index contributed by atoms with van der Waals surface area (Å²) in [6.45, 7) is 3.98. The van der Waals surface area contributed by atoms with E-state index in [1.807, 2.05) is 62.4 Å². The molecule has 30 heavy (non-hydrogen) atoms. The summed E-state index contributed by atoms with van der Waals surface area (Å²) in [5, 5.41) is 3.67. The average Bonchev–Trinajstić information content (AvgIpc) is 2.94. The van der Waals surface area contributed by atoms with Gasteiger partial charge in [0.15, 0.2) is 0 Å². The lowest BCUT2D eigenvalue weighted by atomic mass is 10.1. The molecule has 4 nitrogen and oxygen atoms in total. The van der Waals surface area contributed by atoms with Crippen LogP contribution in [0, 0.1) is 13.8 Å². The Morgan fingerprint density at radius 1 is 0.867 bits per heavy atom. The Morgan fingerprint density at radius 2 is 1.63 bits per heavy atom. The third-order valence-corrected chi connectivity index (χ3v) is 6.04. The van der Waals surface area contributed by atoms with Crippen molar-refractivity contribution in [1.82, 2.24) is 0 Å². The molecule has 3 aromatic carbocycles. The molecule has 0 fully saturated rings. The molecule has 0 saturated carbocycles. The zero-order chi connectivity index (χ0) is 21.3. The molecule has 0 saturated heterocycles. The number of nitrogens with one attached hydrogen (secondary N) is 1. The molecular formula is C24H19ClN2O2S. The third kappa shape index (κ3) is 3.99. The topological polar surface area (TPSA) is 49.4 Å². The average molecular weight is 435 g/mol. The minimum Gasteiger partial charge on any atom is -0.350 e. The Bertz CT molecular complexity index is 1170. The maximum absolute atomic E-state index is 13.3. The molecule has 150 valence electrons. The number of thioether (sulfide) groups is 1. The molecule has 0 bridgehead atoms. The maximum Gasteiger partial charge on any atom is 0.283 e. The lowest BCUT2D eigenvalue weighted by molar-refractivity contribution is -0.120. The summed E-state index contributed by atoms with van der Waals surface area (Å²) >= 11 is 7.38. The number of nitrogens with zero attached hydrogens (tertiary/aromatic N) is 1. The quantitative estimate of drug-likeness (QED) is 0.504. The minimum atomic E-state index is -0.402. The van der Waals surface area contributed by atoms with Gasteiger partial charge in [-0.1, -0.05) is 65.3 Å². The van der Waals surface area contributed by atoms with E-state index in [0.29, 0.717) is 15.6 Å². The van der Waals surface area contributed by atoms with E-state index < -0.39 is 5.91 Å². The van der Waals surface area contributed by atoms with Crippen molar-refractivity contribution in [3.8, 4) is 0 Å². The molecule has 1 N–H and O–H groups in total. The van der Waals surface area contributed by atoms with Gasteiger partial charge >= 0.3 is 0 Å². The second-order valence-electron chi connectivity index (χ2n) is 6.99. The highest BCUT2D eigenvalue weighted by molar-refractivity contribution is 8.04. The Hall–Kier alpha value is -3.02. The second-order valence-corrected chi connectivity index (χ2v) is 8.51. The van der Waals surface area contributed by atoms with E-state index in [4.69, 9.17) is 11.6 Å². The number of hydrogen-bond acceptors (Lipinski definition) is 4. The number of halogens is 1. The molecule has 2 amide bonds. The SMILES string of the molecule is Cc1ccc(NC2=C(Sc3ccccc3)C(=O)N(c3cccc(Cl)c3)C2=O)c(C)c1. The molecule has 0 unspecified atom stereocenters. The van der Waals surface area contributed by atoms with Crippen LogP contribution in [0.25, 0.3) is 0 Å². The highest BCUT2D eigenvalue weighted by Crippen LogP contribution is 2.38.